The predicted octanol–water partition coefficient (Wildman–Crippen LogP) is 3.90. The summed E-state index contributed by atoms with van der Waals surface area (Å²) in [6.07, 6.45) is 2.92. The monoisotopic (exact) mass is 348 g/mol. The van der Waals surface area contributed by atoms with Crippen molar-refractivity contribution in [2.75, 3.05) is 7.11 Å². The van der Waals surface area contributed by atoms with Gasteiger partial charge in [0.1, 0.15) is 17.1 Å². The van der Waals surface area contributed by atoms with Crippen LogP contribution in [-0.4, -0.2) is 18.2 Å². The number of esters is 1. The van der Waals surface area contributed by atoms with Crippen LogP contribution in [0.5, 0.6) is 5.75 Å². The Morgan fingerprint density at radius 1 is 1.15 bits per heavy atom. The Morgan fingerprint density at radius 2 is 1.92 bits per heavy atom. The van der Waals surface area contributed by atoms with Crippen molar-refractivity contribution in [2.24, 2.45) is 0 Å². The molecule has 2 aliphatic rings. The molecule has 5 heteroatoms. The number of fused-ring (bicyclic) bond motifs is 2. The molecule has 0 fully saturated rings. The summed E-state index contributed by atoms with van der Waals surface area (Å²) in [4.78, 5) is 23.9. The lowest BCUT2D eigenvalue weighted by Crippen LogP contribution is -2.07. The van der Waals surface area contributed by atoms with Crippen molar-refractivity contribution in [3.05, 3.63) is 83.1 Å². The van der Waals surface area contributed by atoms with E-state index >= 15 is 0 Å². The van der Waals surface area contributed by atoms with Gasteiger partial charge in [-0.15, -0.1) is 0 Å². The second-order valence-corrected chi connectivity index (χ2v) is 5.54. The van der Waals surface area contributed by atoms with E-state index in [1.165, 1.54) is 43.5 Å². The first-order chi connectivity index (χ1) is 12.5. The molecule has 0 aromatic heterocycles. The Balaban J connectivity index is 2.55. The lowest BCUT2D eigenvalue weighted by Gasteiger charge is -2.17. The highest BCUT2D eigenvalue weighted by molar-refractivity contribution is 6.09. The van der Waals surface area contributed by atoms with Crippen LogP contribution in [0, 0.1) is 0 Å². The maximum absolute atomic E-state index is 12.2. The molecule has 0 unspecified atom stereocenters. The Morgan fingerprint density at radius 3 is 2.58 bits per heavy atom. The van der Waals surface area contributed by atoms with Crippen molar-refractivity contribution in [2.45, 2.75) is 0 Å². The number of carbonyl (C=O) groups excluding carboxylic acids is 1. The normalized spacial score (nSPS) is 11.9. The molecule has 0 atom stereocenters. The number of allylic oxidation sites excluding steroid dienone is 2. The molecule has 0 radical (unpaired) electrons. The molecule has 1 aliphatic heterocycles. The molecular formula is C21H16O5. The van der Waals surface area contributed by atoms with E-state index < -0.39 is 5.97 Å². The number of rotatable bonds is 4. The fourth-order valence-corrected chi connectivity index (χ4v) is 2.91. The fourth-order valence-electron chi connectivity index (χ4n) is 2.91. The summed E-state index contributed by atoms with van der Waals surface area (Å²) in [5.41, 5.74) is 2.13. The van der Waals surface area contributed by atoms with E-state index in [1.807, 2.05) is 0 Å². The minimum Gasteiger partial charge on any atom is -0.508 e. The van der Waals surface area contributed by atoms with Crippen LogP contribution in [0.25, 0.3) is 27.9 Å². The molecule has 5 nitrogen and oxygen atoms in total. The molecule has 130 valence electrons. The zero-order valence-electron chi connectivity index (χ0n) is 14.1. The van der Waals surface area contributed by atoms with Crippen molar-refractivity contribution in [3.63, 3.8) is 0 Å². The van der Waals surface area contributed by atoms with Gasteiger partial charge in [0.05, 0.1) is 12.7 Å². The third-order valence-corrected chi connectivity index (χ3v) is 4.05. The summed E-state index contributed by atoms with van der Waals surface area (Å²) in [5, 5.41) is 10.4. The Labute approximate surface area is 149 Å². The van der Waals surface area contributed by atoms with Gasteiger partial charge in [0.25, 0.3) is 0 Å². The SMILES string of the molecule is C=C/C(C(=O)OC)=C(\C=C)c1c2ccc(=O)cc-2oc2cc(O)ccc12. The molecule has 1 heterocycles. The first-order valence-electron chi connectivity index (χ1n) is 7.77. The van der Waals surface area contributed by atoms with E-state index in [9.17, 15) is 14.7 Å². The highest BCUT2D eigenvalue weighted by Gasteiger charge is 2.22. The number of phenolic OH excluding ortho intramolecular Hbond substituents is 1. The van der Waals surface area contributed by atoms with Gasteiger partial charge in [-0.1, -0.05) is 25.3 Å². The molecule has 3 rings (SSSR count). The van der Waals surface area contributed by atoms with Gasteiger partial charge in [-0.2, -0.15) is 0 Å². The first-order valence-corrected chi connectivity index (χ1v) is 7.77. The van der Waals surface area contributed by atoms with Gasteiger partial charge in [0.2, 0.25) is 0 Å². The van der Waals surface area contributed by atoms with Crippen LogP contribution in [0.3, 0.4) is 0 Å². The van der Waals surface area contributed by atoms with E-state index in [-0.39, 0.29) is 16.8 Å². The molecule has 1 aromatic rings. The van der Waals surface area contributed by atoms with Crippen LogP contribution >= 0.6 is 0 Å². The van der Waals surface area contributed by atoms with Crippen molar-refractivity contribution in [1.82, 2.24) is 0 Å². The molecule has 1 aromatic carbocycles. The second kappa shape index (κ2) is 6.72. The molecule has 0 saturated carbocycles. The Hall–Kier alpha value is -3.60. The number of phenols is 1. The number of carbonyl (C=O) groups is 1. The van der Waals surface area contributed by atoms with Gasteiger partial charge < -0.3 is 14.3 Å². The van der Waals surface area contributed by atoms with Gasteiger partial charge in [0, 0.05) is 28.6 Å². The van der Waals surface area contributed by atoms with Crippen molar-refractivity contribution in [1.29, 1.82) is 0 Å². The summed E-state index contributed by atoms with van der Waals surface area (Å²) in [5.74, 6) is -0.208. The van der Waals surface area contributed by atoms with Crippen molar-refractivity contribution < 1.29 is 19.1 Å². The molecule has 0 bridgehead atoms. The van der Waals surface area contributed by atoms with Gasteiger partial charge in [-0.25, -0.2) is 4.79 Å². The summed E-state index contributed by atoms with van der Waals surface area (Å²) in [6, 6.07) is 9.04. The predicted molar refractivity (Wildman–Crippen MR) is 100 cm³/mol. The quantitative estimate of drug-likeness (QED) is 0.335. The molecular weight excluding hydrogens is 332 g/mol. The number of methoxy groups -OCH3 is 1. The third kappa shape index (κ3) is 2.80. The average Bonchev–Trinajstić information content (AvgIpc) is 2.63. The van der Waals surface area contributed by atoms with Crippen molar-refractivity contribution in [3.8, 4) is 17.1 Å². The molecule has 0 spiro atoms. The van der Waals surface area contributed by atoms with Crippen molar-refractivity contribution >= 4 is 22.5 Å². The lowest BCUT2D eigenvalue weighted by molar-refractivity contribution is -0.135. The highest BCUT2D eigenvalue weighted by atomic mass is 16.5. The molecule has 26 heavy (non-hydrogen) atoms. The van der Waals surface area contributed by atoms with Crippen LogP contribution in [0.2, 0.25) is 0 Å². The standard InChI is InChI=1S/C21H16O5/c1-4-14(15(5-2)21(24)25-3)20-16-8-6-12(22)10-18(16)26-19-11-13(23)7-9-17(19)20/h4-11,22H,1-2H2,3H3/b15-14-. The van der Waals surface area contributed by atoms with Crippen LogP contribution in [-0.2, 0) is 9.53 Å². The molecule has 0 saturated heterocycles. The second-order valence-electron chi connectivity index (χ2n) is 5.54. The van der Waals surface area contributed by atoms with Gasteiger partial charge in [0.15, 0.2) is 5.43 Å². The Bertz CT molecular complexity index is 1100. The molecule has 1 aliphatic carbocycles. The molecule has 1 N–H and O–H groups in total. The Kier molecular flexibility index (Phi) is 4.45. The fraction of sp³-hybridized carbons (Fsp3) is 0.0476. The van der Waals surface area contributed by atoms with Crippen LogP contribution < -0.4 is 5.43 Å². The van der Waals surface area contributed by atoms with E-state index in [2.05, 4.69) is 13.2 Å². The highest BCUT2D eigenvalue weighted by Crippen LogP contribution is 2.39. The summed E-state index contributed by atoms with van der Waals surface area (Å²) in [6.45, 7) is 7.51. The van der Waals surface area contributed by atoms with E-state index in [0.29, 0.717) is 33.4 Å². The van der Waals surface area contributed by atoms with E-state index in [1.54, 1.807) is 12.1 Å². The zero-order chi connectivity index (χ0) is 18.8. The lowest BCUT2D eigenvalue weighted by atomic mass is 9.90. The van der Waals surface area contributed by atoms with Gasteiger partial charge in [-0.3, -0.25) is 4.79 Å². The number of benzene rings is 2. The van der Waals surface area contributed by atoms with Crippen LogP contribution in [0.4, 0.5) is 0 Å². The van der Waals surface area contributed by atoms with E-state index in [4.69, 9.17) is 9.15 Å². The summed E-state index contributed by atoms with van der Waals surface area (Å²) >= 11 is 0. The minimum absolute atomic E-state index is 0.0193. The minimum atomic E-state index is -0.559. The number of hydrogen-bond acceptors (Lipinski definition) is 5. The number of hydrogen-bond donors (Lipinski definition) is 1. The summed E-state index contributed by atoms with van der Waals surface area (Å²) < 4.78 is 10.6. The van der Waals surface area contributed by atoms with E-state index in [0.717, 1.165) is 0 Å². The number of ether oxygens (including phenoxy) is 1. The third-order valence-electron chi connectivity index (χ3n) is 4.05. The van der Waals surface area contributed by atoms with Gasteiger partial charge >= 0.3 is 5.97 Å². The zero-order valence-corrected chi connectivity index (χ0v) is 14.1. The van der Waals surface area contributed by atoms with Gasteiger partial charge in [-0.05, 0) is 29.8 Å². The van der Waals surface area contributed by atoms with Crippen LogP contribution in [0.15, 0.2) is 76.5 Å². The number of aromatic hydroxyl groups is 1. The maximum atomic E-state index is 12.2. The summed E-state index contributed by atoms with van der Waals surface area (Å²) in [7, 11) is 1.28. The topological polar surface area (TPSA) is 76.7 Å². The largest absolute Gasteiger partial charge is 0.508 e. The smallest absolute Gasteiger partial charge is 0.338 e. The molecule has 0 amide bonds. The average molecular weight is 348 g/mol. The first kappa shape index (κ1) is 17.2. The van der Waals surface area contributed by atoms with Crippen LogP contribution in [0.1, 0.15) is 5.56 Å². The maximum Gasteiger partial charge on any atom is 0.338 e.